The largest absolute Gasteiger partial charge is 0.362 e. The van der Waals surface area contributed by atoms with Gasteiger partial charge in [-0.15, -0.1) is 0 Å². The molecule has 1 saturated carbocycles. The molecule has 0 saturated heterocycles. The van der Waals surface area contributed by atoms with Gasteiger partial charge in [-0.05, 0) is 31.1 Å². The molecule has 92 valence electrons. The minimum Gasteiger partial charge on any atom is -0.362 e. The molecule has 1 aliphatic carbocycles. The lowest BCUT2D eigenvalue weighted by molar-refractivity contribution is 0.225. The van der Waals surface area contributed by atoms with Crippen molar-refractivity contribution in [3.8, 4) is 0 Å². The second-order valence-corrected chi connectivity index (χ2v) is 6.42. The van der Waals surface area contributed by atoms with Crippen LogP contribution in [0.1, 0.15) is 46.0 Å². The smallest absolute Gasteiger partial charge is 0.156 e. The van der Waals surface area contributed by atoms with Gasteiger partial charge in [-0.2, -0.15) is 0 Å². The molecule has 1 aliphatic heterocycles. The van der Waals surface area contributed by atoms with Gasteiger partial charge < -0.3 is 5.32 Å². The maximum atomic E-state index is 4.59. The first kappa shape index (κ1) is 12.3. The molecule has 2 unspecified atom stereocenters. The van der Waals surface area contributed by atoms with E-state index < -0.39 is 0 Å². The lowest BCUT2D eigenvalue weighted by Gasteiger charge is -2.36. The summed E-state index contributed by atoms with van der Waals surface area (Å²) in [7, 11) is 0. The van der Waals surface area contributed by atoms with E-state index in [9.17, 15) is 0 Å². The van der Waals surface area contributed by atoms with Crippen molar-refractivity contribution >= 4 is 16.9 Å². The predicted molar refractivity (Wildman–Crippen MR) is 73.1 cm³/mol. The monoisotopic (exact) mass is 240 g/mol. The van der Waals surface area contributed by atoms with Gasteiger partial charge in [0.15, 0.2) is 5.17 Å². The summed E-state index contributed by atoms with van der Waals surface area (Å²) in [6, 6.07) is 0.679. The fourth-order valence-electron chi connectivity index (χ4n) is 2.84. The van der Waals surface area contributed by atoms with E-state index in [1.165, 1.54) is 43.0 Å². The summed E-state index contributed by atoms with van der Waals surface area (Å²) >= 11 is 1.91. The van der Waals surface area contributed by atoms with Crippen molar-refractivity contribution in [1.29, 1.82) is 0 Å². The summed E-state index contributed by atoms with van der Waals surface area (Å²) in [4.78, 5) is 4.59. The highest BCUT2D eigenvalue weighted by Crippen LogP contribution is 2.30. The molecule has 0 aromatic heterocycles. The van der Waals surface area contributed by atoms with Crippen molar-refractivity contribution < 1.29 is 0 Å². The highest BCUT2D eigenvalue weighted by Gasteiger charge is 2.28. The van der Waals surface area contributed by atoms with Gasteiger partial charge in [-0.1, -0.05) is 38.5 Å². The van der Waals surface area contributed by atoms with Crippen LogP contribution in [0.3, 0.4) is 0 Å². The Bertz CT molecular complexity index is 250. The van der Waals surface area contributed by atoms with E-state index in [1.807, 2.05) is 11.8 Å². The van der Waals surface area contributed by atoms with Crippen LogP contribution in [0.25, 0.3) is 0 Å². The Kier molecular flexibility index (Phi) is 4.56. The number of thioether (sulfide) groups is 1. The third kappa shape index (κ3) is 3.16. The van der Waals surface area contributed by atoms with E-state index in [2.05, 4.69) is 24.2 Å². The molecule has 0 amide bonds. The fourth-order valence-corrected chi connectivity index (χ4v) is 3.73. The fraction of sp³-hybridized carbons (Fsp3) is 0.923. The first-order valence-electron chi connectivity index (χ1n) is 6.71. The molecule has 1 N–H and O–H groups in total. The van der Waals surface area contributed by atoms with Crippen molar-refractivity contribution in [2.24, 2.45) is 16.8 Å². The first-order valence-corrected chi connectivity index (χ1v) is 7.69. The molecule has 2 nitrogen and oxygen atoms in total. The summed E-state index contributed by atoms with van der Waals surface area (Å²) in [5.41, 5.74) is 0. The average Bonchev–Trinajstić information content (AvgIpc) is 2.31. The molecule has 0 spiro atoms. The Morgan fingerprint density at radius 2 is 2.06 bits per heavy atom. The molecular weight excluding hydrogens is 216 g/mol. The van der Waals surface area contributed by atoms with E-state index in [4.69, 9.17) is 0 Å². The minimum absolute atomic E-state index is 0.679. The van der Waals surface area contributed by atoms with E-state index in [1.54, 1.807) is 0 Å². The van der Waals surface area contributed by atoms with E-state index in [0.29, 0.717) is 6.04 Å². The number of amidine groups is 1. The molecule has 16 heavy (non-hydrogen) atoms. The Morgan fingerprint density at radius 1 is 1.25 bits per heavy atom. The topological polar surface area (TPSA) is 24.4 Å². The number of nitrogens with one attached hydrogen (secondary N) is 1. The van der Waals surface area contributed by atoms with Crippen LogP contribution >= 0.6 is 11.8 Å². The van der Waals surface area contributed by atoms with Crippen molar-refractivity contribution in [2.75, 3.05) is 12.3 Å². The number of hydrogen-bond donors (Lipinski definition) is 1. The number of hydrogen-bond acceptors (Lipinski definition) is 3. The third-order valence-electron chi connectivity index (χ3n) is 3.78. The average molecular weight is 240 g/mol. The van der Waals surface area contributed by atoms with Crippen LogP contribution < -0.4 is 5.32 Å². The molecule has 0 radical (unpaired) electrons. The zero-order valence-electron chi connectivity index (χ0n) is 10.5. The van der Waals surface area contributed by atoms with Crippen LogP contribution in [0.4, 0.5) is 0 Å². The maximum absolute atomic E-state index is 4.59. The summed E-state index contributed by atoms with van der Waals surface area (Å²) in [6.07, 6.45) is 6.78. The lowest BCUT2D eigenvalue weighted by Crippen LogP contribution is -2.43. The van der Waals surface area contributed by atoms with Crippen LogP contribution in [0.5, 0.6) is 0 Å². The minimum atomic E-state index is 0.679. The second-order valence-electron chi connectivity index (χ2n) is 5.33. The molecule has 2 aliphatic rings. The van der Waals surface area contributed by atoms with Crippen molar-refractivity contribution in [1.82, 2.24) is 5.32 Å². The van der Waals surface area contributed by atoms with Gasteiger partial charge in [0.25, 0.3) is 0 Å². The van der Waals surface area contributed by atoms with Gasteiger partial charge in [0.1, 0.15) is 0 Å². The first-order chi connectivity index (χ1) is 7.77. The quantitative estimate of drug-likeness (QED) is 0.801. The van der Waals surface area contributed by atoms with Gasteiger partial charge in [-0.3, -0.25) is 4.99 Å². The van der Waals surface area contributed by atoms with E-state index in [-0.39, 0.29) is 0 Å². The molecule has 2 atom stereocenters. The molecule has 3 heteroatoms. The molecular formula is C13H24N2S. The third-order valence-corrected chi connectivity index (χ3v) is 4.79. The Morgan fingerprint density at radius 3 is 2.75 bits per heavy atom. The standard InChI is InChI=1S/C13H24N2S/c1-10(2)11-6-3-4-7-12(11)15-13-14-8-5-9-16-13/h10-12H,3-9H2,1-2H3,(H,14,15). The van der Waals surface area contributed by atoms with Gasteiger partial charge in [0.05, 0.1) is 0 Å². The van der Waals surface area contributed by atoms with Gasteiger partial charge in [-0.25, -0.2) is 0 Å². The highest BCUT2D eigenvalue weighted by molar-refractivity contribution is 8.13. The molecule has 2 rings (SSSR count). The zero-order chi connectivity index (χ0) is 11.4. The summed E-state index contributed by atoms with van der Waals surface area (Å²) in [5, 5.41) is 4.91. The maximum Gasteiger partial charge on any atom is 0.156 e. The van der Waals surface area contributed by atoms with Crippen molar-refractivity contribution in [3.63, 3.8) is 0 Å². The molecule has 0 aromatic carbocycles. The van der Waals surface area contributed by atoms with Crippen LogP contribution in [0.2, 0.25) is 0 Å². The number of rotatable bonds is 2. The van der Waals surface area contributed by atoms with Crippen LogP contribution in [-0.4, -0.2) is 23.5 Å². The van der Waals surface area contributed by atoms with Crippen LogP contribution in [0, 0.1) is 11.8 Å². The zero-order valence-corrected chi connectivity index (χ0v) is 11.4. The molecule has 1 fully saturated rings. The molecule has 1 heterocycles. The predicted octanol–water partition coefficient (Wildman–Crippen LogP) is 3.28. The van der Waals surface area contributed by atoms with Gasteiger partial charge >= 0.3 is 0 Å². The van der Waals surface area contributed by atoms with Crippen molar-refractivity contribution in [3.05, 3.63) is 0 Å². The van der Waals surface area contributed by atoms with E-state index in [0.717, 1.165) is 18.4 Å². The van der Waals surface area contributed by atoms with Crippen LogP contribution in [0.15, 0.2) is 4.99 Å². The Hall–Kier alpha value is -0.180. The van der Waals surface area contributed by atoms with Crippen LogP contribution in [-0.2, 0) is 0 Å². The second kappa shape index (κ2) is 5.95. The van der Waals surface area contributed by atoms with E-state index >= 15 is 0 Å². The van der Waals surface area contributed by atoms with Gasteiger partial charge in [0.2, 0.25) is 0 Å². The normalized spacial score (nSPS) is 31.3. The van der Waals surface area contributed by atoms with Gasteiger partial charge in [0, 0.05) is 18.3 Å². The SMILES string of the molecule is CC(C)C1CCCCC1NC1=NCCCS1. The number of nitrogens with zero attached hydrogens (tertiary/aromatic N) is 1. The Labute approximate surface area is 104 Å². The Balaban J connectivity index is 1.92. The summed E-state index contributed by atoms with van der Waals surface area (Å²) in [6.45, 7) is 5.75. The summed E-state index contributed by atoms with van der Waals surface area (Å²) in [5.74, 6) is 2.89. The highest BCUT2D eigenvalue weighted by atomic mass is 32.2. The lowest BCUT2D eigenvalue weighted by atomic mass is 9.78. The van der Waals surface area contributed by atoms with Crippen molar-refractivity contribution in [2.45, 2.75) is 52.0 Å². The summed E-state index contributed by atoms with van der Waals surface area (Å²) < 4.78 is 0. The molecule has 0 aromatic rings. The number of aliphatic imine (C=N–C) groups is 1. The molecule has 0 bridgehead atoms.